The Balaban J connectivity index is 1.32. The van der Waals surface area contributed by atoms with E-state index in [1.54, 1.807) is 12.1 Å². The molecule has 1 aromatic rings. The number of anilines is 1. The lowest BCUT2D eigenvalue weighted by molar-refractivity contribution is -0.136. The van der Waals surface area contributed by atoms with E-state index in [9.17, 15) is 19.2 Å². The van der Waals surface area contributed by atoms with Crippen molar-refractivity contribution in [1.82, 2.24) is 20.4 Å². The van der Waals surface area contributed by atoms with Gasteiger partial charge in [-0.05, 0) is 44.3 Å². The summed E-state index contributed by atoms with van der Waals surface area (Å²) in [7, 11) is 1.47. The first-order valence-corrected chi connectivity index (χ1v) is 12.1. The van der Waals surface area contributed by atoms with Crippen molar-refractivity contribution >= 4 is 29.3 Å². The molecular weight excluding hydrogens is 438 g/mol. The maximum absolute atomic E-state index is 13.3. The SMILES string of the molecule is COc1cc(N2CCN(CC3CCNCC3)CC2)cc2c1C(=O)N(C1CCC(=O)NC1=O)C2=O. The minimum Gasteiger partial charge on any atom is -0.496 e. The predicted molar refractivity (Wildman–Crippen MR) is 124 cm³/mol. The molecule has 0 aliphatic carbocycles. The van der Waals surface area contributed by atoms with Crippen LogP contribution in [0.15, 0.2) is 12.1 Å². The van der Waals surface area contributed by atoms with E-state index in [1.165, 1.54) is 20.0 Å². The molecule has 1 aromatic carbocycles. The van der Waals surface area contributed by atoms with E-state index in [1.807, 2.05) is 0 Å². The number of carbonyl (C=O) groups excluding carboxylic acids is 4. The van der Waals surface area contributed by atoms with Crippen LogP contribution in [-0.2, 0) is 9.59 Å². The zero-order chi connectivity index (χ0) is 23.8. The molecule has 3 saturated heterocycles. The second-order valence-electron chi connectivity index (χ2n) is 9.50. The molecule has 1 atom stereocenters. The second-order valence-corrected chi connectivity index (χ2v) is 9.50. The number of imide groups is 2. The van der Waals surface area contributed by atoms with Gasteiger partial charge in [0.2, 0.25) is 11.8 Å². The van der Waals surface area contributed by atoms with Crippen molar-refractivity contribution < 1.29 is 23.9 Å². The third-order valence-electron chi connectivity index (χ3n) is 7.42. The van der Waals surface area contributed by atoms with Gasteiger partial charge in [-0.1, -0.05) is 0 Å². The summed E-state index contributed by atoms with van der Waals surface area (Å²) in [6, 6.07) is 2.56. The minimum atomic E-state index is -0.989. The number of nitrogens with zero attached hydrogens (tertiary/aromatic N) is 3. The molecule has 0 radical (unpaired) electrons. The molecule has 10 heteroatoms. The summed E-state index contributed by atoms with van der Waals surface area (Å²) in [6.45, 7) is 6.86. The van der Waals surface area contributed by atoms with E-state index in [-0.39, 0.29) is 24.0 Å². The van der Waals surface area contributed by atoms with Crippen LogP contribution in [0.1, 0.15) is 46.4 Å². The molecule has 0 saturated carbocycles. The lowest BCUT2D eigenvalue weighted by Crippen LogP contribution is -2.54. The molecule has 182 valence electrons. The molecular formula is C24H31N5O5. The van der Waals surface area contributed by atoms with Gasteiger partial charge in [0, 0.05) is 50.9 Å². The van der Waals surface area contributed by atoms with Crippen LogP contribution in [0.4, 0.5) is 5.69 Å². The Morgan fingerprint density at radius 3 is 2.38 bits per heavy atom. The normalized spacial score (nSPS) is 24.4. The van der Waals surface area contributed by atoms with Gasteiger partial charge in [0.05, 0.1) is 18.2 Å². The van der Waals surface area contributed by atoms with Crippen LogP contribution >= 0.6 is 0 Å². The number of piperidine rings is 2. The first kappa shape index (κ1) is 22.8. The fraction of sp³-hybridized carbons (Fsp3) is 0.583. The molecule has 0 spiro atoms. The van der Waals surface area contributed by atoms with Gasteiger partial charge in [-0.2, -0.15) is 0 Å². The van der Waals surface area contributed by atoms with Crippen LogP contribution in [0.2, 0.25) is 0 Å². The number of piperazine rings is 1. The van der Waals surface area contributed by atoms with Gasteiger partial charge < -0.3 is 15.0 Å². The van der Waals surface area contributed by atoms with Crippen molar-refractivity contribution in [1.29, 1.82) is 0 Å². The third-order valence-corrected chi connectivity index (χ3v) is 7.42. The minimum absolute atomic E-state index is 0.0911. The molecule has 0 aromatic heterocycles. The Bertz CT molecular complexity index is 1010. The van der Waals surface area contributed by atoms with Crippen molar-refractivity contribution in [2.75, 3.05) is 57.8 Å². The van der Waals surface area contributed by atoms with Crippen LogP contribution in [-0.4, -0.2) is 92.4 Å². The summed E-state index contributed by atoms with van der Waals surface area (Å²) >= 11 is 0. The molecule has 4 amide bonds. The lowest BCUT2D eigenvalue weighted by atomic mass is 9.97. The molecule has 2 N–H and O–H groups in total. The maximum Gasteiger partial charge on any atom is 0.266 e. The summed E-state index contributed by atoms with van der Waals surface area (Å²) in [6.07, 6.45) is 2.67. The lowest BCUT2D eigenvalue weighted by Gasteiger charge is -2.38. The average molecular weight is 470 g/mol. The van der Waals surface area contributed by atoms with Crippen molar-refractivity contribution in [3.05, 3.63) is 23.3 Å². The van der Waals surface area contributed by atoms with Gasteiger partial charge in [-0.3, -0.25) is 34.3 Å². The number of methoxy groups -OCH3 is 1. The van der Waals surface area contributed by atoms with Crippen molar-refractivity contribution in [2.45, 2.75) is 31.7 Å². The molecule has 4 heterocycles. The number of benzene rings is 1. The highest BCUT2D eigenvalue weighted by atomic mass is 16.5. The summed E-state index contributed by atoms with van der Waals surface area (Å²) < 4.78 is 5.51. The Morgan fingerprint density at radius 2 is 1.71 bits per heavy atom. The van der Waals surface area contributed by atoms with Gasteiger partial charge in [0.1, 0.15) is 11.8 Å². The monoisotopic (exact) mass is 469 g/mol. The Kier molecular flexibility index (Phi) is 6.26. The Morgan fingerprint density at radius 1 is 0.971 bits per heavy atom. The van der Waals surface area contributed by atoms with Gasteiger partial charge in [-0.15, -0.1) is 0 Å². The number of ether oxygens (including phenoxy) is 1. The summed E-state index contributed by atoms with van der Waals surface area (Å²) in [4.78, 5) is 56.0. The predicted octanol–water partition coefficient (Wildman–Crippen LogP) is 0.218. The number of hydrogen-bond donors (Lipinski definition) is 2. The average Bonchev–Trinajstić information content (AvgIpc) is 3.10. The van der Waals surface area contributed by atoms with E-state index >= 15 is 0 Å². The standard InChI is InChI=1S/C24H31N5O5/c1-34-19-13-16(28-10-8-27(9-11-28)14-15-4-6-25-7-5-15)12-17-21(19)24(33)29(23(17)32)18-2-3-20(30)26-22(18)31/h12-13,15,18,25H,2-11,14H2,1H3,(H,26,30,31). The Labute approximate surface area is 198 Å². The number of amides is 4. The molecule has 1 unspecified atom stereocenters. The van der Waals surface area contributed by atoms with Crippen molar-refractivity contribution in [3.63, 3.8) is 0 Å². The molecule has 5 rings (SSSR count). The number of rotatable bonds is 5. The molecule has 3 fully saturated rings. The molecule has 10 nitrogen and oxygen atoms in total. The molecule has 4 aliphatic heterocycles. The summed E-state index contributed by atoms with van der Waals surface area (Å²) in [5, 5.41) is 5.64. The number of hydrogen-bond acceptors (Lipinski definition) is 8. The zero-order valence-corrected chi connectivity index (χ0v) is 19.5. The highest BCUT2D eigenvalue weighted by Gasteiger charge is 2.46. The fourth-order valence-electron chi connectivity index (χ4n) is 5.51. The summed E-state index contributed by atoms with van der Waals surface area (Å²) in [5.74, 6) is -0.997. The van der Waals surface area contributed by atoms with E-state index in [2.05, 4.69) is 20.4 Å². The first-order valence-electron chi connectivity index (χ1n) is 12.1. The third kappa shape index (κ3) is 4.16. The topological polar surface area (TPSA) is 111 Å². The maximum atomic E-state index is 13.3. The number of fused-ring (bicyclic) bond motifs is 1. The van der Waals surface area contributed by atoms with Crippen LogP contribution in [0, 0.1) is 5.92 Å². The van der Waals surface area contributed by atoms with E-state index in [0.29, 0.717) is 5.75 Å². The largest absolute Gasteiger partial charge is 0.496 e. The fourth-order valence-corrected chi connectivity index (χ4v) is 5.51. The summed E-state index contributed by atoms with van der Waals surface area (Å²) in [5.41, 5.74) is 1.27. The smallest absolute Gasteiger partial charge is 0.266 e. The number of nitrogens with one attached hydrogen (secondary N) is 2. The van der Waals surface area contributed by atoms with Crippen LogP contribution < -0.4 is 20.3 Å². The molecule has 34 heavy (non-hydrogen) atoms. The van der Waals surface area contributed by atoms with Gasteiger partial charge in [-0.25, -0.2) is 0 Å². The Hall–Kier alpha value is -2.98. The van der Waals surface area contributed by atoms with Crippen molar-refractivity contribution in [3.8, 4) is 5.75 Å². The van der Waals surface area contributed by atoms with E-state index in [0.717, 1.165) is 62.3 Å². The van der Waals surface area contributed by atoms with Crippen LogP contribution in [0.25, 0.3) is 0 Å². The van der Waals surface area contributed by atoms with Crippen LogP contribution in [0.5, 0.6) is 5.75 Å². The second kappa shape index (κ2) is 9.34. The van der Waals surface area contributed by atoms with Gasteiger partial charge >= 0.3 is 0 Å². The van der Waals surface area contributed by atoms with E-state index < -0.39 is 29.7 Å². The van der Waals surface area contributed by atoms with Gasteiger partial charge in [0.25, 0.3) is 11.8 Å². The molecule has 4 aliphatic rings. The quantitative estimate of drug-likeness (QED) is 0.589. The van der Waals surface area contributed by atoms with Crippen molar-refractivity contribution in [2.24, 2.45) is 5.92 Å². The zero-order valence-electron chi connectivity index (χ0n) is 19.5. The van der Waals surface area contributed by atoms with Gasteiger partial charge in [0.15, 0.2) is 0 Å². The highest BCUT2D eigenvalue weighted by molar-refractivity contribution is 6.25. The molecule has 0 bridgehead atoms. The van der Waals surface area contributed by atoms with Crippen LogP contribution in [0.3, 0.4) is 0 Å². The first-order chi connectivity index (χ1) is 16.5. The number of carbonyl (C=O) groups is 4. The van der Waals surface area contributed by atoms with E-state index in [4.69, 9.17) is 4.74 Å². The highest BCUT2D eigenvalue weighted by Crippen LogP contribution is 2.37.